The number of phenols is 1. The van der Waals surface area contributed by atoms with Gasteiger partial charge in [0.2, 0.25) is 17.8 Å². The predicted octanol–water partition coefficient (Wildman–Crippen LogP) is 5.34. The lowest BCUT2D eigenvalue weighted by Crippen LogP contribution is -2.38. The summed E-state index contributed by atoms with van der Waals surface area (Å²) in [5.74, 6) is 2.07. The molecule has 2 N–H and O–H groups in total. The summed E-state index contributed by atoms with van der Waals surface area (Å²) in [6.45, 7) is 11.3. The Labute approximate surface area is 356 Å². The molecule has 0 radical (unpaired) electrons. The van der Waals surface area contributed by atoms with Crippen LogP contribution in [0.5, 0.6) is 11.5 Å². The van der Waals surface area contributed by atoms with Crippen LogP contribution >= 0.6 is 0 Å². The van der Waals surface area contributed by atoms with Crippen LogP contribution < -0.4 is 19.9 Å². The molecule has 2 heterocycles. The number of aryl methyl sites for hydroxylation is 4. The van der Waals surface area contributed by atoms with Gasteiger partial charge in [-0.3, -0.25) is 14.6 Å². The lowest BCUT2D eigenvalue weighted by atomic mass is 10.0. The molecule has 0 saturated carbocycles. The smallest absolute Gasteiger partial charge is 0.260 e. The summed E-state index contributed by atoms with van der Waals surface area (Å²) >= 11 is 0. The Kier molecular flexibility index (Phi) is 17.0. The van der Waals surface area contributed by atoms with Crippen LogP contribution in [-0.4, -0.2) is 134 Å². The summed E-state index contributed by atoms with van der Waals surface area (Å²) in [6, 6.07) is 17.0. The summed E-state index contributed by atoms with van der Waals surface area (Å²) in [5, 5.41) is 14.3. The average molecular weight is 841 g/mol. The zero-order valence-electron chi connectivity index (χ0n) is 36.4. The Bertz CT molecular complexity index is 2150. The topological polar surface area (TPSA) is 192 Å². The van der Waals surface area contributed by atoms with Gasteiger partial charge in [-0.25, -0.2) is 15.0 Å². The van der Waals surface area contributed by atoms with E-state index < -0.39 is 0 Å². The van der Waals surface area contributed by atoms with Crippen LogP contribution in [0.1, 0.15) is 29.2 Å². The zero-order chi connectivity index (χ0) is 43.9. The molecular weight excluding hydrogens is 785 g/mol. The van der Waals surface area contributed by atoms with E-state index in [4.69, 9.17) is 43.4 Å². The van der Waals surface area contributed by atoms with Gasteiger partial charge in [0, 0.05) is 58.7 Å². The largest absolute Gasteiger partial charge is 0.507 e. The Hall–Kier alpha value is -6.05. The average Bonchev–Trinajstić information content (AvgIpc) is 3.24. The van der Waals surface area contributed by atoms with E-state index in [1.807, 2.05) is 58.9 Å². The monoisotopic (exact) mass is 840 g/mol. The maximum Gasteiger partial charge on any atom is 0.260 e. The number of aromatic nitrogens is 6. The number of hydrogen-bond donors (Lipinski definition) is 2. The van der Waals surface area contributed by atoms with Crippen LogP contribution in [0.2, 0.25) is 0 Å². The van der Waals surface area contributed by atoms with Crippen LogP contribution in [0.15, 0.2) is 54.6 Å². The SMILES string of the molecule is CCN(CCOCN(COC)c1nc(NCOC)nc(N(COC)COC)n1)C(=O)COc1ccc(-c2nc(-c3ccc(C)cc3C)nc(-c3ccc(C)cc3C)n2)c(O)c1. The first kappa shape index (κ1) is 46.0. The van der Waals surface area contributed by atoms with Crippen LogP contribution in [0.25, 0.3) is 34.2 Å². The molecule has 0 aliphatic rings. The van der Waals surface area contributed by atoms with Gasteiger partial charge in [0.05, 0.1) is 12.2 Å². The third kappa shape index (κ3) is 12.5. The fraction of sp³-hybridized carbons (Fsp3) is 0.419. The van der Waals surface area contributed by atoms with E-state index in [1.165, 1.54) is 6.07 Å². The summed E-state index contributed by atoms with van der Waals surface area (Å²) in [7, 11) is 6.21. The molecule has 0 aliphatic carbocycles. The highest BCUT2D eigenvalue weighted by molar-refractivity contribution is 5.78. The van der Waals surface area contributed by atoms with Gasteiger partial charge in [-0.1, -0.05) is 47.5 Å². The minimum atomic E-state index is -0.260. The molecule has 0 fully saturated rings. The highest BCUT2D eigenvalue weighted by atomic mass is 16.5. The second kappa shape index (κ2) is 22.5. The number of benzene rings is 3. The highest BCUT2D eigenvalue weighted by Gasteiger charge is 2.21. The van der Waals surface area contributed by atoms with Gasteiger partial charge in [-0.2, -0.15) is 15.0 Å². The van der Waals surface area contributed by atoms with Gasteiger partial charge >= 0.3 is 0 Å². The Morgan fingerprint density at radius 2 is 1.18 bits per heavy atom. The van der Waals surface area contributed by atoms with Crippen LogP contribution in [-0.2, 0) is 28.5 Å². The van der Waals surface area contributed by atoms with E-state index in [1.54, 1.807) is 55.3 Å². The summed E-state index contributed by atoms with van der Waals surface area (Å²) in [5.41, 5.74) is 6.43. The molecule has 0 bridgehead atoms. The molecule has 5 rings (SSSR count). The van der Waals surface area contributed by atoms with Crippen LogP contribution in [0.4, 0.5) is 17.8 Å². The van der Waals surface area contributed by atoms with E-state index in [0.717, 1.165) is 33.4 Å². The molecule has 0 saturated heterocycles. The first-order chi connectivity index (χ1) is 29.5. The summed E-state index contributed by atoms with van der Waals surface area (Å²) in [4.78, 5) is 46.4. The number of anilines is 3. The van der Waals surface area contributed by atoms with Crippen molar-refractivity contribution in [2.45, 2.75) is 34.6 Å². The van der Waals surface area contributed by atoms with Gasteiger partial charge in [-0.15, -0.1) is 0 Å². The fourth-order valence-corrected chi connectivity index (χ4v) is 6.33. The number of ether oxygens (including phenoxy) is 6. The maximum atomic E-state index is 13.3. The van der Waals surface area contributed by atoms with Gasteiger partial charge in [0.15, 0.2) is 24.1 Å². The minimum absolute atomic E-state index is 0.0445. The number of phenolic OH excluding ortho intramolecular Hbond substituents is 1. The third-order valence-corrected chi connectivity index (χ3v) is 9.35. The van der Waals surface area contributed by atoms with Crippen molar-refractivity contribution in [3.8, 4) is 45.7 Å². The predicted molar refractivity (Wildman–Crippen MR) is 231 cm³/mol. The van der Waals surface area contributed by atoms with Crippen molar-refractivity contribution in [1.82, 2.24) is 34.8 Å². The molecule has 18 nitrogen and oxygen atoms in total. The molecule has 0 aliphatic heterocycles. The number of amides is 1. The van der Waals surface area contributed by atoms with Gasteiger partial charge in [-0.05, 0) is 57.9 Å². The zero-order valence-corrected chi connectivity index (χ0v) is 36.4. The maximum absolute atomic E-state index is 13.3. The van der Waals surface area contributed by atoms with Crippen LogP contribution in [0, 0.1) is 27.7 Å². The van der Waals surface area contributed by atoms with Crippen molar-refractivity contribution < 1.29 is 38.3 Å². The molecule has 326 valence electrons. The number of nitrogens with zero attached hydrogens (tertiary/aromatic N) is 9. The normalized spacial score (nSPS) is 11.1. The Morgan fingerprint density at radius 3 is 1.67 bits per heavy atom. The number of rotatable bonds is 23. The molecule has 5 aromatic rings. The first-order valence-corrected chi connectivity index (χ1v) is 19.7. The molecule has 0 spiro atoms. The third-order valence-electron chi connectivity index (χ3n) is 9.35. The van der Waals surface area contributed by atoms with E-state index in [9.17, 15) is 9.90 Å². The van der Waals surface area contributed by atoms with Gasteiger partial charge in [0.1, 0.15) is 45.2 Å². The first-order valence-electron chi connectivity index (χ1n) is 19.7. The highest BCUT2D eigenvalue weighted by Crippen LogP contribution is 2.34. The number of methoxy groups -OCH3 is 4. The van der Waals surface area contributed by atoms with Crippen molar-refractivity contribution in [3.05, 3.63) is 76.9 Å². The minimum Gasteiger partial charge on any atom is -0.507 e. The Balaban J connectivity index is 1.25. The second-order valence-electron chi connectivity index (χ2n) is 14.1. The number of carbonyl (C=O) groups is 1. The van der Waals surface area contributed by atoms with Gasteiger partial charge < -0.3 is 43.7 Å². The van der Waals surface area contributed by atoms with Crippen molar-refractivity contribution in [2.24, 2.45) is 0 Å². The molecule has 0 unspecified atom stereocenters. The number of carbonyl (C=O) groups excluding carboxylic acids is 1. The standard InChI is InChI=1S/C43H56N10O8/c1-10-51(17-18-60-27-53(26-59-9)43-49-41(44-23-56-6)48-42(50-43)52(24-57-7)25-58-8)37(55)22-61-32-13-16-35(36(54)21-32)40-46-38(33-14-11-28(2)19-30(33)4)45-39(47-40)34-15-12-29(3)20-31(34)5/h11-16,19-21,54H,10,17-18,22-27H2,1-9H3,(H,44,48,49,50). The fourth-order valence-electron chi connectivity index (χ4n) is 6.33. The summed E-state index contributed by atoms with van der Waals surface area (Å²) < 4.78 is 33.0. The Morgan fingerprint density at radius 1 is 0.656 bits per heavy atom. The number of hydrogen-bond acceptors (Lipinski definition) is 17. The van der Waals surface area contributed by atoms with E-state index in [0.29, 0.717) is 41.3 Å². The molecule has 3 aromatic carbocycles. The number of aromatic hydroxyl groups is 1. The van der Waals surface area contributed by atoms with Crippen LogP contribution in [0.3, 0.4) is 0 Å². The quantitative estimate of drug-likeness (QED) is 0.0632. The van der Waals surface area contributed by atoms with Crippen molar-refractivity contribution in [2.75, 3.05) is 104 Å². The van der Waals surface area contributed by atoms with Crippen molar-refractivity contribution in [1.29, 1.82) is 0 Å². The van der Waals surface area contributed by atoms with Crippen molar-refractivity contribution in [3.63, 3.8) is 0 Å². The molecule has 18 heteroatoms. The molecule has 61 heavy (non-hydrogen) atoms. The summed E-state index contributed by atoms with van der Waals surface area (Å²) in [6.07, 6.45) is 0. The number of likely N-dealkylation sites (N-methyl/N-ethyl adjacent to an activating group) is 1. The molecular formula is C43H56N10O8. The van der Waals surface area contributed by atoms with E-state index >= 15 is 0 Å². The molecule has 2 aromatic heterocycles. The van der Waals surface area contributed by atoms with Gasteiger partial charge in [0.25, 0.3) is 5.91 Å². The van der Waals surface area contributed by atoms with E-state index in [-0.39, 0.29) is 77.0 Å². The number of nitrogens with one attached hydrogen (secondary N) is 1. The molecule has 1 amide bonds. The van der Waals surface area contributed by atoms with E-state index in [2.05, 4.69) is 32.4 Å². The van der Waals surface area contributed by atoms with Crippen molar-refractivity contribution >= 4 is 23.8 Å². The lowest BCUT2D eigenvalue weighted by molar-refractivity contribution is -0.134. The molecule has 0 atom stereocenters. The lowest BCUT2D eigenvalue weighted by Gasteiger charge is -2.26. The second-order valence-corrected chi connectivity index (χ2v) is 14.1.